The topological polar surface area (TPSA) is 84.4 Å². The molecule has 1 N–H and O–H groups in total. The Labute approximate surface area is 138 Å². The Morgan fingerprint density at radius 1 is 1.26 bits per heavy atom. The van der Waals surface area contributed by atoms with Crippen molar-refractivity contribution in [3.05, 3.63) is 16.3 Å². The van der Waals surface area contributed by atoms with E-state index in [4.69, 9.17) is 4.74 Å². The van der Waals surface area contributed by atoms with Crippen molar-refractivity contribution < 1.29 is 14.3 Å². The fraction of sp³-hybridized carbons (Fsp3) is 0.467. The summed E-state index contributed by atoms with van der Waals surface area (Å²) in [5, 5.41) is 3.88. The molecule has 0 aromatic carbocycles. The molecule has 124 valence electrons. The highest BCUT2D eigenvalue weighted by atomic mass is 32.1. The summed E-state index contributed by atoms with van der Waals surface area (Å²) in [7, 11) is 4.75. The van der Waals surface area contributed by atoms with Gasteiger partial charge in [0.05, 0.1) is 12.5 Å². The predicted octanol–water partition coefficient (Wildman–Crippen LogP) is 1.98. The lowest BCUT2D eigenvalue weighted by molar-refractivity contribution is -0.129. The number of hydrogen-bond acceptors (Lipinski definition) is 7. The maximum absolute atomic E-state index is 12.1. The number of nitrogens with one attached hydrogen (secondary N) is 1. The molecule has 1 amide bonds. The largest absolute Gasteiger partial charge is 0.465 e. The van der Waals surface area contributed by atoms with E-state index in [-0.39, 0.29) is 5.91 Å². The minimum absolute atomic E-state index is 0.0597. The number of carbonyl (C=O) groups excluding carboxylic acids is 2. The summed E-state index contributed by atoms with van der Waals surface area (Å²) < 4.78 is 4.81. The van der Waals surface area contributed by atoms with Gasteiger partial charge in [0.25, 0.3) is 0 Å². The number of amides is 1. The van der Waals surface area contributed by atoms with Gasteiger partial charge in [0.2, 0.25) is 5.91 Å². The van der Waals surface area contributed by atoms with Crippen molar-refractivity contribution >= 4 is 39.2 Å². The molecular formula is C15H20N4O3S. The number of aryl methyl sites for hydroxylation is 2. The number of rotatable bonds is 4. The summed E-state index contributed by atoms with van der Waals surface area (Å²) in [5.74, 6) is 0.670. The van der Waals surface area contributed by atoms with E-state index in [9.17, 15) is 9.59 Å². The zero-order chi connectivity index (χ0) is 17.3. The van der Waals surface area contributed by atoms with Crippen molar-refractivity contribution in [2.45, 2.75) is 26.8 Å². The van der Waals surface area contributed by atoms with E-state index in [1.807, 2.05) is 6.92 Å². The molecule has 1 atom stereocenters. The minimum Gasteiger partial charge on any atom is -0.465 e. The van der Waals surface area contributed by atoms with Crippen molar-refractivity contribution in [1.82, 2.24) is 14.9 Å². The highest BCUT2D eigenvalue weighted by Gasteiger charge is 2.22. The fourth-order valence-electron chi connectivity index (χ4n) is 2.29. The predicted molar refractivity (Wildman–Crippen MR) is 90.0 cm³/mol. The van der Waals surface area contributed by atoms with Crippen LogP contribution in [-0.2, 0) is 9.53 Å². The van der Waals surface area contributed by atoms with Crippen LogP contribution < -0.4 is 5.32 Å². The molecule has 2 aromatic heterocycles. The number of likely N-dealkylation sites (N-methyl/N-ethyl adjacent to an activating group) is 1. The molecule has 2 heterocycles. The molecule has 0 bridgehead atoms. The molecule has 1 unspecified atom stereocenters. The number of ether oxygens (including phenoxy) is 1. The first-order valence-corrected chi connectivity index (χ1v) is 7.91. The van der Waals surface area contributed by atoms with Crippen LogP contribution in [0, 0.1) is 13.8 Å². The van der Waals surface area contributed by atoms with Gasteiger partial charge < -0.3 is 15.0 Å². The van der Waals surface area contributed by atoms with Gasteiger partial charge in [-0.25, -0.2) is 14.8 Å². The van der Waals surface area contributed by atoms with Crippen LogP contribution in [0.5, 0.6) is 0 Å². The monoisotopic (exact) mass is 336 g/mol. The summed E-state index contributed by atoms with van der Waals surface area (Å²) >= 11 is 1.27. The minimum atomic E-state index is -0.441. The average Bonchev–Trinajstić information content (AvgIpc) is 2.82. The van der Waals surface area contributed by atoms with Gasteiger partial charge in [-0.2, -0.15) is 0 Å². The molecule has 2 aromatic rings. The smallest absolute Gasteiger partial charge is 0.348 e. The van der Waals surface area contributed by atoms with E-state index in [1.54, 1.807) is 27.9 Å². The molecule has 2 rings (SSSR count). The van der Waals surface area contributed by atoms with E-state index in [0.717, 1.165) is 10.9 Å². The third kappa shape index (κ3) is 3.26. The lowest BCUT2D eigenvalue weighted by atomic mass is 10.2. The van der Waals surface area contributed by atoms with Gasteiger partial charge in [-0.05, 0) is 26.3 Å². The lowest BCUT2D eigenvalue weighted by Crippen LogP contribution is -2.37. The first kappa shape index (κ1) is 17.1. The third-order valence-corrected chi connectivity index (χ3v) is 4.60. The summed E-state index contributed by atoms with van der Waals surface area (Å²) in [6, 6.07) is -0.441. The number of anilines is 1. The van der Waals surface area contributed by atoms with Crippen LogP contribution in [0.3, 0.4) is 0 Å². The molecule has 0 saturated carbocycles. The molecule has 0 fully saturated rings. The van der Waals surface area contributed by atoms with E-state index in [1.165, 1.54) is 23.3 Å². The Balaban J connectivity index is 2.53. The number of hydrogen-bond donors (Lipinski definition) is 1. The molecule has 0 saturated heterocycles. The number of thiophene rings is 1. The SMILES string of the molecule is COC(=O)c1sc2nc(C)nc(NC(C)C(=O)N(C)C)c2c1C. The molecule has 0 spiro atoms. The number of fused-ring (bicyclic) bond motifs is 1. The first-order valence-electron chi connectivity index (χ1n) is 7.10. The summed E-state index contributed by atoms with van der Waals surface area (Å²) in [5.41, 5.74) is 0.754. The molecule has 7 nitrogen and oxygen atoms in total. The number of carbonyl (C=O) groups is 2. The van der Waals surface area contributed by atoms with Crippen LogP contribution in [0.1, 0.15) is 28.0 Å². The van der Waals surface area contributed by atoms with Gasteiger partial charge >= 0.3 is 5.97 Å². The van der Waals surface area contributed by atoms with E-state index < -0.39 is 12.0 Å². The van der Waals surface area contributed by atoms with E-state index in [0.29, 0.717) is 21.3 Å². The highest BCUT2D eigenvalue weighted by molar-refractivity contribution is 7.20. The standard InChI is InChI=1S/C15H20N4O3S/c1-7-10-12(16-8(2)14(20)19(4)5)17-9(3)18-13(10)23-11(7)15(21)22-6/h8H,1-6H3,(H,16,17,18). The Kier molecular flexibility index (Phi) is 4.84. The second-order valence-corrected chi connectivity index (χ2v) is 6.45. The number of methoxy groups -OCH3 is 1. The Morgan fingerprint density at radius 3 is 2.48 bits per heavy atom. The molecule has 8 heteroatoms. The van der Waals surface area contributed by atoms with Gasteiger partial charge in [-0.3, -0.25) is 4.79 Å². The van der Waals surface area contributed by atoms with Crippen LogP contribution in [0.4, 0.5) is 5.82 Å². The first-order chi connectivity index (χ1) is 10.8. The lowest BCUT2D eigenvalue weighted by Gasteiger charge is -2.19. The van der Waals surface area contributed by atoms with Crippen LogP contribution in [0.25, 0.3) is 10.2 Å². The third-order valence-electron chi connectivity index (χ3n) is 3.44. The van der Waals surface area contributed by atoms with Gasteiger partial charge in [-0.1, -0.05) is 0 Å². The molecular weight excluding hydrogens is 316 g/mol. The van der Waals surface area contributed by atoms with Crippen molar-refractivity contribution in [3.8, 4) is 0 Å². The maximum Gasteiger partial charge on any atom is 0.348 e. The summed E-state index contributed by atoms with van der Waals surface area (Å²) in [6.45, 7) is 5.37. The second kappa shape index (κ2) is 6.49. The van der Waals surface area contributed by atoms with E-state index in [2.05, 4.69) is 15.3 Å². The van der Waals surface area contributed by atoms with Crippen molar-refractivity contribution in [2.24, 2.45) is 0 Å². The molecule has 0 aliphatic heterocycles. The number of esters is 1. The highest BCUT2D eigenvalue weighted by Crippen LogP contribution is 2.34. The summed E-state index contributed by atoms with van der Waals surface area (Å²) in [6.07, 6.45) is 0. The number of aromatic nitrogens is 2. The van der Waals surface area contributed by atoms with Gasteiger partial charge in [-0.15, -0.1) is 11.3 Å². The Morgan fingerprint density at radius 2 is 1.91 bits per heavy atom. The van der Waals surface area contributed by atoms with Crippen LogP contribution in [0.2, 0.25) is 0 Å². The zero-order valence-corrected chi connectivity index (χ0v) is 14.9. The average molecular weight is 336 g/mol. The van der Waals surface area contributed by atoms with Crippen molar-refractivity contribution in [2.75, 3.05) is 26.5 Å². The van der Waals surface area contributed by atoms with E-state index >= 15 is 0 Å². The van der Waals surface area contributed by atoms with Gasteiger partial charge in [0, 0.05) is 14.1 Å². The Hall–Kier alpha value is -2.22. The second-order valence-electron chi connectivity index (χ2n) is 5.45. The van der Waals surface area contributed by atoms with Crippen LogP contribution in [0.15, 0.2) is 0 Å². The molecule has 0 aliphatic carbocycles. The quantitative estimate of drug-likeness (QED) is 0.860. The molecule has 0 aliphatic rings. The fourth-order valence-corrected chi connectivity index (χ4v) is 3.44. The number of nitrogens with zero attached hydrogens (tertiary/aromatic N) is 3. The van der Waals surface area contributed by atoms with Gasteiger partial charge in [0.15, 0.2) is 0 Å². The zero-order valence-electron chi connectivity index (χ0n) is 14.1. The van der Waals surface area contributed by atoms with Crippen LogP contribution >= 0.6 is 11.3 Å². The summed E-state index contributed by atoms with van der Waals surface area (Å²) in [4.78, 5) is 35.4. The van der Waals surface area contributed by atoms with Crippen molar-refractivity contribution in [1.29, 1.82) is 0 Å². The normalized spacial score (nSPS) is 12.1. The Bertz CT molecular complexity index is 770. The molecule has 23 heavy (non-hydrogen) atoms. The maximum atomic E-state index is 12.1. The van der Waals surface area contributed by atoms with Crippen molar-refractivity contribution in [3.63, 3.8) is 0 Å². The molecule has 0 radical (unpaired) electrons. The van der Waals surface area contributed by atoms with Gasteiger partial charge in [0.1, 0.15) is 27.4 Å². The van der Waals surface area contributed by atoms with Crippen LogP contribution in [-0.4, -0.2) is 54.0 Å².